The van der Waals surface area contributed by atoms with Gasteiger partial charge in [0.25, 0.3) is 0 Å². The van der Waals surface area contributed by atoms with Gasteiger partial charge in [0.1, 0.15) is 0 Å². The van der Waals surface area contributed by atoms with Gasteiger partial charge in [-0.25, -0.2) is 12.7 Å². The van der Waals surface area contributed by atoms with Crippen LogP contribution in [0.4, 0.5) is 0 Å². The Bertz CT molecular complexity index is 359. The van der Waals surface area contributed by atoms with Crippen LogP contribution in [0.25, 0.3) is 0 Å². The molecule has 1 atom stereocenters. The molecule has 1 aliphatic heterocycles. The molecule has 7 heteroatoms. The van der Waals surface area contributed by atoms with E-state index in [2.05, 4.69) is 16.7 Å². The van der Waals surface area contributed by atoms with Crippen LogP contribution in [0.15, 0.2) is 0 Å². The molecule has 1 saturated heterocycles. The average molecular weight is 293 g/mol. The van der Waals surface area contributed by atoms with Crippen molar-refractivity contribution >= 4 is 10.0 Å². The Kier molecular flexibility index (Phi) is 6.68. The highest BCUT2D eigenvalue weighted by atomic mass is 32.2. The number of piperazine rings is 1. The quantitative estimate of drug-likeness (QED) is 0.635. The number of hydrogen-bond acceptors (Lipinski definition) is 5. The lowest BCUT2D eigenvalue weighted by atomic mass is 10.2. The second-order valence-electron chi connectivity index (χ2n) is 5.28. The van der Waals surface area contributed by atoms with Crippen LogP contribution in [0.2, 0.25) is 0 Å². The predicted octanol–water partition coefficient (Wildman–Crippen LogP) is -0.470. The maximum Gasteiger partial charge on any atom is 0.214 e. The first-order valence-corrected chi connectivity index (χ1v) is 8.33. The van der Waals surface area contributed by atoms with E-state index in [9.17, 15) is 8.42 Å². The summed E-state index contributed by atoms with van der Waals surface area (Å²) in [6, 6.07) is 0.450. The first-order chi connectivity index (χ1) is 8.86. The highest BCUT2D eigenvalue weighted by molar-refractivity contribution is 7.89. The van der Waals surface area contributed by atoms with Gasteiger partial charge in [-0.15, -0.1) is 0 Å². The van der Waals surface area contributed by atoms with E-state index in [1.165, 1.54) is 4.31 Å². The summed E-state index contributed by atoms with van der Waals surface area (Å²) in [4.78, 5) is 4.62. The summed E-state index contributed by atoms with van der Waals surface area (Å²) in [6.07, 6.45) is 0. The molecule has 0 radical (unpaired) electrons. The second kappa shape index (κ2) is 7.54. The molecule has 19 heavy (non-hydrogen) atoms. The van der Waals surface area contributed by atoms with Crippen LogP contribution in [-0.2, 0) is 14.8 Å². The minimum Gasteiger partial charge on any atom is -0.383 e. The summed E-state index contributed by atoms with van der Waals surface area (Å²) in [7, 11) is 1.80. The summed E-state index contributed by atoms with van der Waals surface area (Å²) in [5.74, 6) is 0.199. The second-order valence-corrected chi connectivity index (χ2v) is 7.58. The third kappa shape index (κ3) is 5.35. The molecule has 0 aromatic rings. The van der Waals surface area contributed by atoms with Crippen LogP contribution in [0, 0.1) is 0 Å². The highest BCUT2D eigenvalue weighted by Crippen LogP contribution is 2.09. The third-order valence-corrected chi connectivity index (χ3v) is 5.46. The van der Waals surface area contributed by atoms with Crippen molar-refractivity contribution in [3.05, 3.63) is 0 Å². The number of methoxy groups -OCH3 is 1. The zero-order valence-corrected chi connectivity index (χ0v) is 13.3. The maximum atomic E-state index is 11.7. The molecule has 1 unspecified atom stereocenters. The van der Waals surface area contributed by atoms with E-state index in [4.69, 9.17) is 4.74 Å². The molecule has 0 aromatic carbocycles. The normalized spacial score (nSPS) is 23.1. The standard InChI is InChI=1S/C12H27N3O3S/c1-12-11-14(5-6-15(12)7-9-18-4)8-10-19(16,17)13(2)3/h12H,5-11H2,1-4H3. The molecule has 1 heterocycles. The van der Waals surface area contributed by atoms with Gasteiger partial charge in [-0.1, -0.05) is 0 Å². The Morgan fingerprint density at radius 2 is 1.95 bits per heavy atom. The van der Waals surface area contributed by atoms with Crippen molar-refractivity contribution in [1.29, 1.82) is 0 Å². The van der Waals surface area contributed by atoms with Gasteiger partial charge < -0.3 is 4.74 Å². The summed E-state index contributed by atoms with van der Waals surface area (Å²) in [6.45, 7) is 7.32. The Balaban J connectivity index is 2.36. The summed E-state index contributed by atoms with van der Waals surface area (Å²) in [5, 5.41) is 0. The van der Waals surface area contributed by atoms with Crippen molar-refractivity contribution in [2.75, 3.05) is 66.3 Å². The fraction of sp³-hybridized carbons (Fsp3) is 1.00. The predicted molar refractivity (Wildman–Crippen MR) is 76.8 cm³/mol. The molecule has 0 saturated carbocycles. The van der Waals surface area contributed by atoms with Gasteiger partial charge >= 0.3 is 0 Å². The molecule has 1 fully saturated rings. The maximum absolute atomic E-state index is 11.7. The molecule has 0 aromatic heterocycles. The SMILES string of the molecule is COCCN1CCN(CCS(=O)(=O)N(C)C)CC1C. The van der Waals surface area contributed by atoms with Crippen LogP contribution < -0.4 is 0 Å². The first kappa shape index (κ1) is 16.8. The van der Waals surface area contributed by atoms with Gasteiger partial charge in [0.15, 0.2) is 0 Å². The van der Waals surface area contributed by atoms with Gasteiger partial charge in [0, 0.05) is 60.0 Å². The Hall–Kier alpha value is -0.210. The van der Waals surface area contributed by atoms with Crippen molar-refractivity contribution in [2.45, 2.75) is 13.0 Å². The molecule has 0 amide bonds. The van der Waals surface area contributed by atoms with Crippen LogP contribution in [0.5, 0.6) is 0 Å². The van der Waals surface area contributed by atoms with Crippen LogP contribution in [-0.4, -0.2) is 94.9 Å². The van der Waals surface area contributed by atoms with Crippen LogP contribution in [0.3, 0.4) is 0 Å². The monoisotopic (exact) mass is 293 g/mol. The Morgan fingerprint density at radius 3 is 2.47 bits per heavy atom. The van der Waals surface area contributed by atoms with Crippen molar-refractivity contribution < 1.29 is 13.2 Å². The van der Waals surface area contributed by atoms with Crippen LogP contribution in [0.1, 0.15) is 6.92 Å². The molecular formula is C12H27N3O3S. The minimum atomic E-state index is -3.08. The van der Waals surface area contributed by atoms with Gasteiger partial charge in [-0.2, -0.15) is 0 Å². The number of rotatable bonds is 7. The summed E-state index contributed by atoms with van der Waals surface area (Å²) >= 11 is 0. The minimum absolute atomic E-state index is 0.199. The lowest BCUT2D eigenvalue weighted by molar-refractivity contribution is 0.0617. The molecule has 0 spiro atoms. The van der Waals surface area contributed by atoms with E-state index in [-0.39, 0.29) is 5.75 Å². The van der Waals surface area contributed by atoms with Gasteiger partial charge in [0.05, 0.1) is 12.4 Å². The molecule has 0 bridgehead atoms. The van der Waals surface area contributed by atoms with Gasteiger partial charge in [0.2, 0.25) is 10.0 Å². The topological polar surface area (TPSA) is 53.1 Å². The number of ether oxygens (including phenoxy) is 1. The van der Waals surface area contributed by atoms with E-state index in [1.807, 2.05) is 0 Å². The van der Waals surface area contributed by atoms with E-state index < -0.39 is 10.0 Å². The average Bonchev–Trinajstić information content (AvgIpc) is 2.35. The summed E-state index contributed by atoms with van der Waals surface area (Å²) in [5.41, 5.74) is 0. The van der Waals surface area contributed by atoms with Crippen molar-refractivity contribution in [3.8, 4) is 0 Å². The van der Waals surface area contributed by atoms with Crippen LogP contribution >= 0.6 is 0 Å². The molecular weight excluding hydrogens is 266 g/mol. The molecule has 114 valence electrons. The highest BCUT2D eigenvalue weighted by Gasteiger charge is 2.24. The van der Waals surface area contributed by atoms with E-state index in [0.717, 1.165) is 32.8 Å². The number of nitrogens with zero attached hydrogens (tertiary/aromatic N) is 3. The lowest BCUT2D eigenvalue weighted by Gasteiger charge is -2.39. The zero-order valence-electron chi connectivity index (χ0n) is 12.5. The zero-order chi connectivity index (χ0) is 14.5. The fourth-order valence-electron chi connectivity index (χ4n) is 2.24. The van der Waals surface area contributed by atoms with E-state index in [1.54, 1.807) is 21.2 Å². The molecule has 1 aliphatic rings. The van der Waals surface area contributed by atoms with E-state index >= 15 is 0 Å². The molecule has 0 N–H and O–H groups in total. The smallest absolute Gasteiger partial charge is 0.214 e. The lowest BCUT2D eigenvalue weighted by Crippen LogP contribution is -2.53. The molecule has 0 aliphatic carbocycles. The largest absolute Gasteiger partial charge is 0.383 e. The first-order valence-electron chi connectivity index (χ1n) is 6.72. The fourth-order valence-corrected chi connectivity index (χ4v) is 3.10. The molecule has 6 nitrogen and oxygen atoms in total. The summed E-state index contributed by atoms with van der Waals surface area (Å²) < 4.78 is 29.9. The molecule has 1 rings (SSSR count). The number of sulfonamides is 1. The van der Waals surface area contributed by atoms with Gasteiger partial charge in [-0.05, 0) is 6.92 Å². The Labute approximate surface area is 117 Å². The van der Waals surface area contributed by atoms with Crippen molar-refractivity contribution in [1.82, 2.24) is 14.1 Å². The van der Waals surface area contributed by atoms with Crippen molar-refractivity contribution in [2.24, 2.45) is 0 Å². The number of hydrogen-bond donors (Lipinski definition) is 0. The van der Waals surface area contributed by atoms with Crippen molar-refractivity contribution in [3.63, 3.8) is 0 Å². The van der Waals surface area contributed by atoms with Gasteiger partial charge in [-0.3, -0.25) is 9.80 Å². The Morgan fingerprint density at radius 1 is 1.26 bits per heavy atom. The van der Waals surface area contributed by atoms with E-state index in [0.29, 0.717) is 12.6 Å². The third-order valence-electron chi connectivity index (χ3n) is 3.65.